The number of sulfonamides is 1. The SMILES string of the molecule is CC[C@@H](C(=O)NC1CCCCC1)N(Cc1ccccc1Cl)C(=O)CN(c1cccc(C)c1C)S(=O)(=O)c1ccccc1. The predicted octanol–water partition coefficient (Wildman–Crippen LogP) is 6.41. The lowest BCUT2D eigenvalue weighted by atomic mass is 9.95. The highest BCUT2D eigenvalue weighted by molar-refractivity contribution is 7.92. The summed E-state index contributed by atoms with van der Waals surface area (Å²) in [6.45, 7) is 5.21. The summed E-state index contributed by atoms with van der Waals surface area (Å²) in [4.78, 5) is 29.5. The number of nitrogens with one attached hydrogen (secondary N) is 1. The Balaban J connectivity index is 1.74. The Labute approximate surface area is 254 Å². The Kier molecular flexibility index (Phi) is 10.7. The molecule has 0 heterocycles. The van der Waals surface area contributed by atoms with Crippen LogP contribution in [-0.4, -0.2) is 43.8 Å². The summed E-state index contributed by atoms with van der Waals surface area (Å²) in [6, 6.07) is 20.0. The van der Waals surface area contributed by atoms with Crippen molar-refractivity contribution in [3.63, 3.8) is 0 Å². The molecule has 1 atom stereocenters. The molecule has 0 spiro atoms. The van der Waals surface area contributed by atoms with Crippen LogP contribution >= 0.6 is 11.6 Å². The van der Waals surface area contributed by atoms with Crippen LogP contribution in [0.2, 0.25) is 5.02 Å². The second kappa shape index (κ2) is 14.2. The van der Waals surface area contributed by atoms with Crippen LogP contribution in [0.3, 0.4) is 0 Å². The van der Waals surface area contributed by atoms with E-state index in [-0.39, 0.29) is 23.4 Å². The van der Waals surface area contributed by atoms with Crippen molar-refractivity contribution in [1.29, 1.82) is 0 Å². The molecule has 9 heteroatoms. The van der Waals surface area contributed by atoms with Crippen molar-refractivity contribution < 1.29 is 18.0 Å². The van der Waals surface area contributed by atoms with E-state index in [9.17, 15) is 18.0 Å². The van der Waals surface area contributed by atoms with Crippen LogP contribution in [0.25, 0.3) is 0 Å². The minimum absolute atomic E-state index is 0.0706. The summed E-state index contributed by atoms with van der Waals surface area (Å²) >= 11 is 6.50. The highest BCUT2D eigenvalue weighted by Gasteiger charge is 2.35. The molecule has 3 aromatic carbocycles. The molecule has 2 amide bonds. The van der Waals surface area contributed by atoms with Gasteiger partial charge >= 0.3 is 0 Å². The summed E-state index contributed by atoms with van der Waals surface area (Å²) in [7, 11) is -4.12. The van der Waals surface area contributed by atoms with Gasteiger partial charge in [0.15, 0.2) is 0 Å². The first-order valence-electron chi connectivity index (χ1n) is 14.6. The topological polar surface area (TPSA) is 86.8 Å². The molecular formula is C33H40ClN3O4S. The van der Waals surface area contributed by atoms with Crippen LogP contribution in [0, 0.1) is 13.8 Å². The fraction of sp³-hybridized carbons (Fsp3) is 0.394. The summed E-state index contributed by atoms with van der Waals surface area (Å²) < 4.78 is 29.3. The van der Waals surface area contributed by atoms with Gasteiger partial charge in [-0.1, -0.05) is 86.3 Å². The van der Waals surface area contributed by atoms with Gasteiger partial charge in [0, 0.05) is 17.6 Å². The van der Waals surface area contributed by atoms with Crippen LogP contribution in [-0.2, 0) is 26.2 Å². The van der Waals surface area contributed by atoms with Crippen LogP contribution < -0.4 is 9.62 Å². The number of carbonyl (C=O) groups is 2. The van der Waals surface area contributed by atoms with E-state index in [0.29, 0.717) is 22.7 Å². The van der Waals surface area contributed by atoms with Gasteiger partial charge in [0.1, 0.15) is 12.6 Å². The van der Waals surface area contributed by atoms with Crippen molar-refractivity contribution in [2.75, 3.05) is 10.8 Å². The molecule has 7 nitrogen and oxygen atoms in total. The highest BCUT2D eigenvalue weighted by atomic mass is 35.5. The maximum absolute atomic E-state index is 14.3. The molecule has 1 aliphatic rings. The fourth-order valence-electron chi connectivity index (χ4n) is 5.51. The Morgan fingerprint density at radius 2 is 1.60 bits per heavy atom. The standard InChI is InChI=1S/C33H40ClN3O4S/c1-4-30(33(39)35-27-16-7-5-8-17-27)36(22-26-15-11-12-20-29(26)34)32(38)23-37(31-21-13-14-24(2)25(31)3)42(40,41)28-18-9-6-10-19-28/h6,9-15,18-21,27,30H,4-5,7-8,16-17,22-23H2,1-3H3,(H,35,39)/t30-/m0/s1. The first-order valence-corrected chi connectivity index (χ1v) is 16.4. The highest BCUT2D eigenvalue weighted by Crippen LogP contribution is 2.30. The number of rotatable bonds is 11. The summed E-state index contributed by atoms with van der Waals surface area (Å²) in [5.41, 5.74) is 2.76. The number of benzene rings is 3. The summed E-state index contributed by atoms with van der Waals surface area (Å²) in [5, 5.41) is 3.64. The molecule has 1 N–H and O–H groups in total. The second-order valence-electron chi connectivity index (χ2n) is 10.9. The molecule has 3 aromatic rings. The minimum atomic E-state index is -4.12. The molecular weight excluding hydrogens is 570 g/mol. The molecule has 4 rings (SSSR count). The van der Waals surface area contributed by atoms with Crippen molar-refractivity contribution in [2.45, 2.75) is 82.8 Å². The summed E-state index contributed by atoms with van der Waals surface area (Å²) in [5.74, 6) is -0.713. The van der Waals surface area contributed by atoms with Gasteiger partial charge in [0.25, 0.3) is 10.0 Å². The number of hydrogen-bond donors (Lipinski definition) is 1. The lowest BCUT2D eigenvalue weighted by molar-refractivity contribution is -0.140. The van der Waals surface area contributed by atoms with Crippen LogP contribution in [0.15, 0.2) is 77.7 Å². The Hall–Kier alpha value is -3.36. The molecule has 0 radical (unpaired) electrons. The molecule has 0 unspecified atom stereocenters. The number of halogens is 1. The fourth-order valence-corrected chi connectivity index (χ4v) is 7.20. The van der Waals surface area contributed by atoms with E-state index in [1.54, 1.807) is 42.5 Å². The Morgan fingerprint density at radius 3 is 2.26 bits per heavy atom. The lowest BCUT2D eigenvalue weighted by Crippen LogP contribution is -2.54. The minimum Gasteiger partial charge on any atom is -0.352 e. The number of aryl methyl sites for hydroxylation is 1. The van der Waals surface area contributed by atoms with Gasteiger partial charge in [-0.3, -0.25) is 13.9 Å². The molecule has 1 fully saturated rings. The van der Waals surface area contributed by atoms with Crippen molar-refractivity contribution in [3.05, 3.63) is 94.5 Å². The summed E-state index contributed by atoms with van der Waals surface area (Å²) in [6.07, 6.45) is 5.47. The number of hydrogen-bond acceptors (Lipinski definition) is 4. The van der Waals surface area contributed by atoms with Crippen molar-refractivity contribution >= 4 is 39.1 Å². The molecule has 224 valence electrons. The molecule has 0 saturated heterocycles. The van der Waals surface area contributed by atoms with Crippen LogP contribution in [0.4, 0.5) is 5.69 Å². The molecule has 1 aliphatic carbocycles. The molecule has 0 bridgehead atoms. The Bertz CT molecular complexity index is 1490. The van der Waals surface area contributed by atoms with Gasteiger partial charge in [0.05, 0.1) is 10.6 Å². The first-order chi connectivity index (χ1) is 20.1. The zero-order valence-corrected chi connectivity index (χ0v) is 26.1. The Morgan fingerprint density at radius 1 is 0.929 bits per heavy atom. The van der Waals surface area contributed by atoms with Crippen molar-refractivity contribution in [3.8, 4) is 0 Å². The molecule has 0 aromatic heterocycles. The zero-order valence-electron chi connectivity index (χ0n) is 24.6. The molecule has 42 heavy (non-hydrogen) atoms. The zero-order chi connectivity index (χ0) is 30.3. The number of anilines is 1. The largest absolute Gasteiger partial charge is 0.352 e. The maximum atomic E-state index is 14.3. The van der Waals surface area contributed by atoms with Gasteiger partial charge in [-0.15, -0.1) is 0 Å². The third kappa shape index (κ3) is 7.34. The van der Waals surface area contributed by atoms with Crippen LogP contribution in [0.1, 0.15) is 62.1 Å². The van der Waals surface area contributed by atoms with Gasteiger partial charge < -0.3 is 10.2 Å². The second-order valence-corrected chi connectivity index (χ2v) is 13.2. The van der Waals surface area contributed by atoms with Crippen molar-refractivity contribution in [1.82, 2.24) is 10.2 Å². The lowest BCUT2D eigenvalue weighted by Gasteiger charge is -2.35. The average molecular weight is 610 g/mol. The smallest absolute Gasteiger partial charge is 0.264 e. The third-order valence-corrected chi connectivity index (χ3v) is 10.2. The molecule has 0 aliphatic heterocycles. The van der Waals surface area contributed by atoms with Crippen LogP contribution in [0.5, 0.6) is 0 Å². The number of carbonyl (C=O) groups excluding carboxylic acids is 2. The van der Waals surface area contributed by atoms with E-state index < -0.39 is 28.5 Å². The normalized spacial score (nSPS) is 14.7. The maximum Gasteiger partial charge on any atom is 0.264 e. The number of nitrogens with zero attached hydrogens (tertiary/aromatic N) is 2. The molecule has 1 saturated carbocycles. The van der Waals surface area contributed by atoms with E-state index in [0.717, 1.165) is 43.2 Å². The van der Waals surface area contributed by atoms with E-state index in [1.807, 2.05) is 39.0 Å². The monoisotopic (exact) mass is 609 g/mol. The van der Waals surface area contributed by atoms with E-state index in [1.165, 1.54) is 21.3 Å². The average Bonchev–Trinajstić information content (AvgIpc) is 2.99. The van der Waals surface area contributed by atoms with E-state index >= 15 is 0 Å². The predicted molar refractivity (Wildman–Crippen MR) is 168 cm³/mol. The number of amides is 2. The van der Waals surface area contributed by atoms with E-state index in [4.69, 9.17) is 11.6 Å². The first kappa shape index (κ1) is 31.6. The third-order valence-electron chi connectivity index (χ3n) is 8.09. The van der Waals surface area contributed by atoms with Crippen molar-refractivity contribution in [2.24, 2.45) is 0 Å². The van der Waals surface area contributed by atoms with Gasteiger partial charge in [-0.2, -0.15) is 0 Å². The van der Waals surface area contributed by atoms with Gasteiger partial charge in [0.2, 0.25) is 11.8 Å². The van der Waals surface area contributed by atoms with Gasteiger partial charge in [-0.05, 0) is 74.1 Å². The van der Waals surface area contributed by atoms with E-state index in [2.05, 4.69) is 5.32 Å². The quantitative estimate of drug-likeness (QED) is 0.272. The van der Waals surface area contributed by atoms with Gasteiger partial charge in [-0.25, -0.2) is 8.42 Å².